The molecule has 110 valence electrons. The zero-order chi connectivity index (χ0) is 15.4. The predicted molar refractivity (Wildman–Crippen MR) is 89.9 cm³/mol. The zero-order valence-corrected chi connectivity index (χ0v) is 14.0. The first-order valence-electron chi connectivity index (χ1n) is 5.95. The third-order valence-corrected chi connectivity index (χ3v) is 5.23. The van der Waals surface area contributed by atoms with E-state index in [1.165, 1.54) is 0 Å². The number of halogens is 2. The minimum Gasteiger partial charge on any atom is -0.399 e. The molecule has 1 unspecified atom stereocenters. The summed E-state index contributed by atoms with van der Waals surface area (Å²) in [7, 11) is -1.47. The van der Waals surface area contributed by atoms with Crippen molar-refractivity contribution in [3.63, 3.8) is 0 Å². The van der Waals surface area contributed by atoms with Crippen molar-refractivity contribution >= 4 is 55.6 Å². The van der Waals surface area contributed by atoms with Crippen LogP contribution in [0.25, 0.3) is 0 Å². The van der Waals surface area contributed by atoms with Gasteiger partial charge < -0.3 is 11.1 Å². The first-order chi connectivity index (χ1) is 9.97. The third kappa shape index (κ3) is 4.30. The molecule has 0 aromatic heterocycles. The van der Waals surface area contributed by atoms with Gasteiger partial charge in [-0.2, -0.15) is 0 Å². The Hall–Kier alpha value is -1.37. The second-order valence-electron chi connectivity index (χ2n) is 4.21. The number of nitrogen functional groups attached to an aromatic ring is 1. The molecule has 0 aliphatic heterocycles. The number of nitrogens with two attached hydrogens (primary N) is 1. The molecule has 0 heterocycles. The molecule has 0 aliphatic carbocycles. The van der Waals surface area contributed by atoms with Crippen LogP contribution in [0.4, 0.5) is 11.4 Å². The summed E-state index contributed by atoms with van der Waals surface area (Å²) in [4.78, 5) is 12.5. The van der Waals surface area contributed by atoms with Gasteiger partial charge in [0.15, 0.2) is 0 Å². The number of hydrogen-bond acceptors (Lipinski definition) is 3. The second-order valence-corrected chi connectivity index (χ2v) is 6.89. The molecule has 0 saturated heterocycles. The lowest BCUT2D eigenvalue weighted by atomic mass is 10.3. The van der Waals surface area contributed by atoms with Crippen LogP contribution in [-0.4, -0.2) is 15.9 Å². The van der Waals surface area contributed by atoms with E-state index in [9.17, 15) is 9.00 Å². The molecule has 2 rings (SSSR count). The van der Waals surface area contributed by atoms with Crippen molar-refractivity contribution in [2.75, 3.05) is 16.8 Å². The molecule has 0 aliphatic rings. The van der Waals surface area contributed by atoms with Crippen LogP contribution >= 0.6 is 27.5 Å². The summed E-state index contributed by atoms with van der Waals surface area (Å²) in [5.74, 6) is -0.529. The fourth-order valence-electron chi connectivity index (χ4n) is 1.65. The highest BCUT2D eigenvalue weighted by atomic mass is 79.9. The van der Waals surface area contributed by atoms with E-state index in [-0.39, 0.29) is 11.7 Å². The fraction of sp³-hybridized carbons (Fsp3) is 0.0714. The Morgan fingerprint density at radius 2 is 2.00 bits per heavy atom. The predicted octanol–water partition coefficient (Wildman–Crippen LogP) is 3.43. The molecule has 0 fully saturated rings. The van der Waals surface area contributed by atoms with Crippen molar-refractivity contribution in [3.05, 3.63) is 52.0 Å². The maximum absolute atomic E-state index is 12.2. The topological polar surface area (TPSA) is 72.2 Å². The number of rotatable bonds is 4. The smallest absolute Gasteiger partial charge is 0.237 e. The SMILES string of the molecule is Nc1ccc(S(=O)CC(=O)Nc2ccccc2Cl)c(Br)c1. The van der Waals surface area contributed by atoms with Crippen LogP contribution in [0.1, 0.15) is 0 Å². The number of amides is 1. The standard InChI is InChI=1S/C14H12BrClN2O2S/c15-10-7-9(17)5-6-13(10)21(20)8-14(19)18-12-4-2-1-3-11(12)16/h1-7H,8,17H2,(H,18,19). The van der Waals surface area contributed by atoms with Gasteiger partial charge in [0.2, 0.25) is 5.91 Å². The summed E-state index contributed by atoms with van der Waals surface area (Å²) >= 11 is 9.24. The van der Waals surface area contributed by atoms with Gasteiger partial charge in [0.25, 0.3) is 0 Å². The molecule has 21 heavy (non-hydrogen) atoms. The highest BCUT2D eigenvalue weighted by Gasteiger charge is 2.14. The van der Waals surface area contributed by atoms with E-state index in [4.69, 9.17) is 17.3 Å². The number of carbonyl (C=O) groups excluding carboxylic acids is 1. The summed E-state index contributed by atoms with van der Waals surface area (Å²) in [6.45, 7) is 0. The molecule has 1 amide bonds. The molecule has 0 spiro atoms. The van der Waals surface area contributed by atoms with Crippen LogP contribution in [0.2, 0.25) is 5.02 Å². The van der Waals surface area contributed by atoms with E-state index < -0.39 is 10.8 Å². The first-order valence-corrected chi connectivity index (χ1v) is 8.44. The molecule has 2 aromatic rings. The Morgan fingerprint density at radius 1 is 1.29 bits per heavy atom. The minimum absolute atomic E-state index is 0.159. The number of benzene rings is 2. The Morgan fingerprint density at radius 3 is 2.67 bits per heavy atom. The monoisotopic (exact) mass is 386 g/mol. The Balaban J connectivity index is 2.06. The maximum Gasteiger partial charge on any atom is 0.237 e. The molecule has 4 nitrogen and oxygen atoms in total. The lowest BCUT2D eigenvalue weighted by Gasteiger charge is -2.08. The lowest BCUT2D eigenvalue weighted by Crippen LogP contribution is -2.19. The van der Waals surface area contributed by atoms with E-state index in [1.807, 2.05) is 0 Å². The van der Waals surface area contributed by atoms with Crippen LogP contribution in [0.15, 0.2) is 51.8 Å². The van der Waals surface area contributed by atoms with Crippen molar-refractivity contribution in [2.45, 2.75) is 4.90 Å². The molecule has 1 atom stereocenters. The van der Waals surface area contributed by atoms with Crippen molar-refractivity contribution in [3.8, 4) is 0 Å². The molecule has 3 N–H and O–H groups in total. The van der Waals surface area contributed by atoms with Crippen LogP contribution < -0.4 is 11.1 Å². The highest BCUT2D eigenvalue weighted by molar-refractivity contribution is 9.10. The van der Waals surface area contributed by atoms with E-state index >= 15 is 0 Å². The van der Waals surface area contributed by atoms with Gasteiger partial charge in [0, 0.05) is 10.2 Å². The van der Waals surface area contributed by atoms with Crippen molar-refractivity contribution in [2.24, 2.45) is 0 Å². The van der Waals surface area contributed by atoms with Crippen molar-refractivity contribution in [1.29, 1.82) is 0 Å². The largest absolute Gasteiger partial charge is 0.399 e. The molecule has 7 heteroatoms. The normalized spacial score (nSPS) is 11.9. The Labute approximate surface area is 138 Å². The number of nitrogens with one attached hydrogen (secondary N) is 1. The van der Waals surface area contributed by atoms with Gasteiger partial charge in [0.1, 0.15) is 5.75 Å². The summed E-state index contributed by atoms with van der Waals surface area (Å²) in [5.41, 5.74) is 6.68. The van der Waals surface area contributed by atoms with E-state index in [1.54, 1.807) is 42.5 Å². The van der Waals surface area contributed by atoms with Gasteiger partial charge in [-0.05, 0) is 46.3 Å². The zero-order valence-electron chi connectivity index (χ0n) is 10.8. The van der Waals surface area contributed by atoms with E-state index in [2.05, 4.69) is 21.2 Å². The summed E-state index contributed by atoms with van der Waals surface area (Å²) in [5, 5.41) is 3.07. The van der Waals surface area contributed by atoms with Crippen molar-refractivity contribution < 1.29 is 9.00 Å². The van der Waals surface area contributed by atoms with Crippen LogP contribution in [-0.2, 0) is 15.6 Å². The average Bonchev–Trinajstić information content (AvgIpc) is 2.41. The summed E-state index contributed by atoms with van der Waals surface area (Å²) in [6.07, 6.45) is 0. The van der Waals surface area contributed by atoms with Crippen molar-refractivity contribution in [1.82, 2.24) is 0 Å². The number of para-hydroxylation sites is 1. The summed E-state index contributed by atoms with van der Waals surface area (Å²) in [6, 6.07) is 11.8. The molecule has 0 saturated carbocycles. The lowest BCUT2D eigenvalue weighted by molar-refractivity contribution is -0.113. The van der Waals surface area contributed by atoms with Crippen LogP contribution in [0.3, 0.4) is 0 Å². The molecule has 0 radical (unpaired) electrons. The number of anilines is 2. The Bertz CT molecular complexity index is 709. The second kappa shape index (κ2) is 7.06. The number of hydrogen-bond donors (Lipinski definition) is 2. The maximum atomic E-state index is 12.2. The van der Waals surface area contributed by atoms with Gasteiger partial charge in [-0.3, -0.25) is 9.00 Å². The Kier molecular flexibility index (Phi) is 5.39. The molecule has 2 aromatic carbocycles. The molecule has 0 bridgehead atoms. The average molecular weight is 388 g/mol. The highest BCUT2D eigenvalue weighted by Crippen LogP contribution is 2.24. The molecular formula is C14H12BrClN2O2S. The van der Waals surface area contributed by atoms with Crippen LogP contribution in [0, 0.1) is 0 Å². The minimum atomic E-state index is -1.47. The number of carbonyl (C=O) groups is 1. The molecular weight excluding hydrogens is 376 g/mol. The van der Waals surface area contributed by atoms with Gasteiger partial charge in [-0.25, -0.2) is 0 Å². The van der Waals surface area contributed by atoms with E-state index in [0.29, 0.717) is 25.8 Å². The van der Waals surface area contributed by atoms with Gasteiger partial charge in [-0.1, -0.05) is 23.7 Å². The quantitative estimate of drug-likeness (QED) is 0.789. The third-order valence-electron chi connectivity index (χ3n) is 2.61. The summed E-state index contributed by atoms with van der Waals surface area (Å²) < 4.78 is 12.8. The van der Waals surface area contributed by atoms with Crippen LogP contribution in [0.5, 0.6) is 0 Å². The van der Waals surface area contributed by atoms with Gasteiger partial charge in [0.05, 0.1) is 26.4 Å². The van der Waals surface area contributed by atoms with E-state index in [0.717, 1.165) is 0 Å². The van der Waals surface area contributed by atoms with Gasteiger partial charge >= 0.3 is 0 Å². The first kappa shape index (κ1) is 16.0. The fourth-order valence-corrected chi connectivity index (χ4v) is 3.73. The van der Waals surface area contributed by atoms with Gasteiger partial charge in [-0.15, -0.1) is 0 Å².